The minimum atomic E-state index is 0.472. The van der Waals surface area contributed by atoms with E-state index in [2.05, 4.69) is 168 Å². The molecule has 0 atom stereocenters. The first kappa shape index (κ1) is 41.5. The van der Waals surface area contributed by atoms with Crippen molar-refractivity contribution < 1.29 is 0 Å². The smallest absolute Gasteiger partial charge is 0.0612 e. The molecule has 2 aliphatic carbocycles. The van der Waals surface area contributed by atoms with Crippen LogP contribution in [0.2, 0.25) is 0 Å². The van der Waals surface area contributed by atoms with Crippen molar-refractivity contribution in [2.24, 2.45) is 5.73 Å². The number of hydrogen-bond acceptors (Lipinski definition) is 2. The molecule has 0 radical (unpaired) electrons. The van der Waals surface area contributed by atoms with Crippen molar-refractivity contribution in [1.82, 2.24) is 9.13 Å². The summed E-state index contributed by atoms with van der Waals surface area (Å²) in [6, 6.07) is 57.8. The molecule has 0 saturated heterocycles. The van der Waals surface area contributed by atoms with Crippen LogP contribution >= 0.6 is 0 Å². The van der Waals surface area contributed by atoms with Crippen molar-refractivity contribution in [2.45, 2.75) is 39.5 Å². The number of rotatable bonds is 9. The van der Waals surface area contributed by atoms with Crippen LogP contribution in [0.15, 0.2) is 201 Å². The van der Waals surface area contributed by atoms with Crippen molar-refractivity contribution in [3.63, 3.8) is 0 Å². The van der Waals surface area contributed by atoms with Gasteiger partial charge in [0.2, 0.25) is 0 Å². The van der Waals surface area contributed by atoms with E-state index in [0.29, 0.717) is 11.4 Å². The normalized spacial score (nSPS) is 13.0. The summed E-state index contributed by atoms with van der Waals surface area (Å²) in [5, 5.41) is 13.7. The van der Waals surface area contributed by atoms with Crippen molar-refractivity contribution in [3.8, 4) is 44.8 Å². The van der Waals surface area contributed by atoms with Crippen LogP contribution in [-0.2, 0) is 25.7 Å². The molecule has 4 nitrogen and oxygen atoms in total. The zero-order chi connectivity index (χ0) is 45.8. The van der Waals surface area contributed by atoms with E-state index in [9.17, 15) is 0 Å². The molecule has 2 aromatic heterocycles. The van der Waals surface area contributed by atoms with Gasteiger partial charge in [-0.2, -0.15) is 0 Å². The highest BCUT2D eigenvalue weighted by Gasteiger charge is 2.33. The van der Waals surface area contributed by atoms with Gasteiger partial charge in [0.1, 0.15) is 0 Å². The maximum absolute atomic E-state index is 8.49. The summed E-state index contributed by atoms with van der Waals surface area (Å²) >= 11 is 0. The Bertz CT molecular complexity index is 3670. The Morgan fingerprint density at radius 1 is 0.507 bits per heavy atom. The largest absolute Gasteiger partial charge is 0.398 e. The second-order valence-electron chi connectivity index (χ2n) is 17.4. The number of hydrogen-bond donors (Lipinski definition) is 2. The average Bonchev–Trinajstić information content (AvgIpc) is 3.90. The van der Waals surface area contributed by atoms with E-state index in [0.717, 1.165) is 47.9 Å². The van der Waals surface area contributed by atoms with Gasteiger partial charge in [0, 0.05) is 38.6 Å². The highest BCUT2D eigenvalue weighted by atomic mass is 15.0. The van der Waals surface area contributed by atoms with Gasteiger partial charge < -0.3 is 20.3 Å². The number of aromatic nitrogens is 2. The van der Waals surface area contributed by atoms with E-state index < -0.39 is 0 Å². The van der Waals surface area contributed by atoms with Gasteiger partial charge in [0.25, 0.3) is 0 Å². The zero-order valence-electron chi connectivity index (χ0n) is 38.1. The Hall–Kier alpha value is -8.21. The van der Waals surface area contributed by atoms with E-state index in [1.165, 1.54) is 99.5 Å². The third kappa shape index (κ3) is 6.79. The molecule has 67 heavy (non-hydrogen) atoms. The maximum atomic E-state index is 8.49. The van der Waals surface area contributed by atoms with E-state index >= 15 is 0 Å². The van der Waals surface area contributed by atoms with Crippen molar-refractivity contribution in [3.05, 3.63) is 235 Å². The summed E-state index contributed by atoms with van der Waals surface area (Å²) in [6.45, 7) is 11.6. The summed E-state index contributed by atoms with van der Waals surface area (Å²) in [6.07, 6.45) is 12.8. The molecular weight excluding hydrogens is 813 g/mol. The van der Waals surface area contributed by atoms with E-state index in [-0.39, 0.29) is 0 Å². The van der Waals surface area contributed by atoms with Crippen LogP contribution in [-0.4, -0.2) is 14.8 Å². The summed E-state index contributed by atoms with van der Waals surface area (Å²) < 4.78 is 5.05. The SMILES string of the molecule is C=C/C=C\C(=N)c1ccc(-c2ccc3c(c2)c2cc4c5c(c2n3-c2ccccc2)CCc2c-5c(cc3c5cc(-c6ccc(/C(N)=C/C=C)cc6)ccc5n(-c5ccccc5)c23)CC4)cc1.CC. The summed E-state index contributed by atoms with van der Waals surface area (Å²) in [4.78, 5) is 0. The predicted molar refractivity (Wildman–Crippen MR) is 286 cm³/mol. The Balaban J connectivity index is 0.00000244. The minimum absolute atomic E-state index is 0.472. The third-order valence-electron chi connectivity index (χ3n) is 13.8. The minimum Gasteiger partial charge on any atom is -0.398 e. The van der Waals surface area contributed by atoms with E-state index in [1.807, 2.05) is 38.1 Å². The molecule has 324 valence electrons. The molecule has 0 saturated carbocycles. The van der Waals surface area contributed by atoms with Gasteiger partial charge in [0.15, 0.2) is 0 Å². The number of nitrogens with two attached hydrogens (primary N) is 1. The standard InChI is InChI=1S/C61H46N4.C2H6/c1-3-5-17-55(63)41-24-20-39(21-25-41)43-29-33-57-51(35-43)53-37-45-27-26-44-36-52-50-34-42(38-18-22-40(23-19-38)54(62)12-4-2)28-32-56(50)64(46-13-8-6-9-14-46)60(52)48-30-31-49(59(45)58(44)48)61(53)65(57)47-15-10-7-11-16-47;1-2/h3-25,28-29,32-37,63H,1-2,26-27,30-31,62H2;1-2H3/b17-5-,54-12-,63-55?;. The van der Waals surface area contributed by atoms with Gasteiger partial charge in [-0.15, -0.1) is 0 Å². The van der Waals surface area contributed by atoms with E-state index in [4.69, 9.17) is 11.1 Å². The molecule has 3 N–H and O–H groups in total. The number of nitrogens with zero attached hydrogens (tertiary/aromatic N) is 2. The lowest BCUT2D eigenvalue weighted by molar-refractivity contribution is 0.883. The molecule has 2 heterocycles. The monoisotopic (exact) mass is 864 g/mol. The number of allylic oxidation sites excluding steroid dienone is 5. The molecule has 0 amide bonds. The predicted octanol–water partition coefficient (Wildman–Crippen LogP) is 15.7. The van der Waals surface area contributed by atoms with Gasteiger partial charge in [-0.05, 0) is 165 Å². The lowest BCUT2D eigenvalue weighted by Gasteiger charge is -2.31. The van der Waals surface area contributed by atoms with Crippen LogP contribution < -0.4 is 5.73 Å². The first-order valence-corrected chi connectivity index (χ1v) is 23.5. The highest BCUT2D eigenvalue weighted by Crippen LogP contribution is 2.51. The second kappa shape index (κ2) is 17.0. The molecular formula is C63H52N4. The molecule has 0 unspecified atom stereocenters. The molecule has 0 aliphatic heterocycles. The first-order valence-electron chi connectivity index (χ1n) is 23.5. The molecule has 0 fully saturated rings. The van der Waals surface area contributed by atoms with Crippen LogP contribution in [0.1, 0.15) is 47.2 Å². The topological polar surface area (TPSA) is 59.7 Å². The Labute approximate surface area is 392 Å². The number of aryl methyl sites for hydroxylation is 4. The molecule has 2 aliphatic rings. The molecule has 0 bridgehead atoms. The van der Waals surface area contributed by atoms with Crippen molar-refractivity contribution in [2.75, 3.05) is 0 Å². The quantitative estimate of drug-likeness (QED) is 0.110. The van der Waals surface area contributed by atoms with Crippen LogP contribution in [0.25, 0.3) is 94.1 Å². The fourth-order valence-electron chi connectivity index (χ4n) is 10.9. The van der Waals surface area contributed by atoms with Gasteiger partial charge in [0.05, 0.1) is 27.8 Å². The number of benzene rings is 8. The molecule has 0 spiro atoms. The summed E-state index contributed by atoms with van der Waals surface area (Å²) in [5.41, 5.74) is 30.2. The fraction of sp³-hybridized carbons (Fsp3) is 0.0952. The average molecular weight is 865 g/mol. The molecule has 4 heteroatoms. The number of nitrogens with one attached hydrogen (secondary N) is 1. The maximum Gasteiger partial charge on any atom is 0.0612 e. The van der Waals surface area contributed by atoms with Crippen LogP contribution in [0.5, 0.6) is 0 Å². The summed E-state index contributed by atoms with van der Waals surface area (Å²) in [7, 11) is 0. The highest BCUT2D eigenvalue weighted by molar-refractivity contribution is 6.17. The Morgan fingerprint density at radius 3 is 1.40 bits per heavy atom. The number of fused-ring (bicyclic) bond motifs is 8. The fourth-order valence-corrected chi connectivity index (χ4v) is 10.9. The van der Waals surface area contributed by atoms with Crippen molar-refractivity contribution in [1.29, 1.82) is 5.41 Å². The van der Waals surface area contributed by atoms with Gasteiger partial charge in [-0.25, -0.2) is 0 Å². The van der Waals surface area contributed by atoms with E-state index in [1.54, 1.807) is 18.2 Å². The third-order valence-corrected chi connectivity index (χ3v) is 13.8. The molecule has 12 rings (SSSR count). The second-order valence-corrected chi connectivity index (χ2v) is 17.4. The van der Waals surface area contributed by atoms with Crippen LogP contribution in [0.3, 0.4) is 0 Å². The zero-order valence-corrected chi connectivity index (χ0v) is 38.1. The summed E-state index contributed by atoms with van der Waals surface area (Å²) in [5.74, 6) is 0. The van der Waals surface area contributed by atoms with Gasteiger partial charge in [-0.1, -0.05) is 142 Å². The Kier molecular flexibility index (Phi) is 10.5. The lowest BCUT2D eigenvalue weighted by Crippen LogP contribution is -2.16. The van der Waals surface area contributed by atoms with Gasteiger partial charge >= 0.3 is 0 Å². The number of para-hydroxylation sites is 2. The van der Waals surface area contributed by atoms with Gasteiger partial charge in [-0.3, -0.25) is 0 Å². The first-order chi connectivity index (χ1) is 33.0. The van der Waals surface area contributed by atoms with Crippen molar-refractivity contribution >= 4 is 55.0 Å². The molecule has 8 aromatic carbocycles. The Morgan fingerprint density at radius 2 is 0.955 bits per heavy atom. The van der Waals surface area contributed by atoms with Crippen LogP contribution in [0, 0.1) is 5.41 Å². The van der Waals surface area contributed by atoms with Crippen LogP contribution in [0.4, 0.5) is 0 Å². The molecule has 10 aromatic rings. The lowest BCUT2D eigenvalue weighted by atomic mass is 9.74.